The molecule has 0 saturated carbocycles. The standard InChI is InChI=1S/C14H21N3O2/c1-3-16-12(18)9-10-17-13(19)14(2,15)11-7-5-4-6-8-11/h4-8H,3,9-10,15H2,1-2H3,(H,16,18)(H,17,19). The van der Waals surface area contributed by atoms with E-state index in [2.05, 4.69) is 10.6 Å². The van der Waals surface area contributed by atoms with E-state index < -0.39 is 5.54 Å². The maximum Gasteiger partial charge on any atom is 0.244 e. The van der Waals surface area contributed by atoms with Gasteiger partial charge >= 0.3 is 0 Å². The molecule has 1 unspecified atom stereocenters. The van der Waals surface area contributed by atoms with Crippen molar-refractivity contribution in [2.45, 2.75) is 25.8 Å². The van der Waals surface area contributed by atoms with E-state index >= 15 is 0 Å². The van der Waals surface area contributed by atoms with E-state index in [4.69, 9.17) is 5.73 Å². The Morgan fingerprint density at radius 1 is 1.21 bits per heavy atom. The molecule has 0 heterocycles. The Morgan fingerprint density at radius 3 is 2.42 bits per heavy atom. The Bertz CT molecular complexity index is 430. The first-order valence-corrected chi connectivity index (χ1v) is 6.38. The van der Waals surface area contributed by atoms with Crippen molar-refractivity contribution in [1.29, 1.82) is 0 Å². The molecule has 0 aliphatic heterocycles. The van der Waals surface area contributed by atoms with E-state index in [-0.39, 0.29) is 24.8 Å². The van der Waals surface area contributed by atoms with E-state index in [9.17, 15) is 9.59 Å². The van der Waals surface area contributed by atoms with Gasteiger partial charge in [0.2, 0.25) is 11.8 Å². The normalized spacial score (nSPS) is 13.4. The predicted octanol–water partition coefficient (Wildman–Crippen LogP) is 0.503. The highest BCUT2D eigenvalue weighted by molar-refractivity contribution is 5.87. The van der Waals surface area contributed by atoms with Crippen molar-refractivity contribution >= 4 is 11.8 Å². The van der Waals surface area contributed by atoms with Crippen LogP contribution >= 0.6 is 0 Å². The largest absolute Gasteiger partial charge is 0.356 e. The summed E-state index contributed by atoms with van der Waals surface area (Å²) < 4.78 is 0. The molecule has 104 valence electrons. The summed E-state index contributed by atoms with van der Waals surface area (Å²) in [4.78, 5) is 23.3. The lowest BCUT2D eigenvalue weighted by Crippen LogP contribution is -2.49. The van der Waals surface area contributed by atoms with Crippen LogP contribution in [0.2, 0.25) is 0 Å². The van der Waals surface area contributed by atoms with Gasteiger partial charge in [-0.2, -0.15) is 0 Å². The molecule has 1 aromatic rings. The second-order valence-electron chi connectivity index (χ2n) is 4.53. The van der Waals surface area contributed by atoms with E-state index in [1.807, 2.05) is 37.3 Å². The monoisotopic (exact) mass is 263 g/mol. The average Bonchev–Trinajstić information content (AvgIpc) is 2.40. The fourth-order valence-electron chi connectivity index (χ4n) is 1.67. The minimum absolute atomic E-state index is 0.0822. The lowest BCUT2D eigenvalue weighted by Gasteiger charge is -2.24. The summed E-state index contributed by atoms with van der Waals surface area (Å²) in [7, 11) is 0. The molecule has 0 aromatic heterocycles. The minimum Gasteiger partial charge on any atom is -0.356 e. The van der Waals surface area contributed by atoms with Crippen LogP contribution in [0, 0.1) is 0 Å². The Kier molecular flexibility index (Phi) is 5.51. The van der Waals surface area contributed by atoms with Crippen molar-refractivity contribution in [2.24, 2.45) is 5.73 Å². The Hall–Kier alpha value is -1.88. The van der Waals surface area contributed by atoms with Gasteiger partial charge in [-0.05, 0) is 19.4 Å². The van der Waals surface area contributed by atoms with Crippen LogP contribution in [-0.2, 0) is 15.1 Å². The molecule has 0 fully saturated rings. The van der Waals surface area contributed by atoms with E-state index in [0.29, 0.717) is 6.54 Å². The minimum atomic E-state index is -1.09. The number of amides is 2. The van der Waals surface area contributed by atoms with Gasteiger partial charge in [0.15, 0.2) is 0 Å². The number of nitrogens with two attached hydrogens (primary N) is 1. The lowest BCUT2D eigenvalue weighted by molar-refractivity contribution is -0.126. The van der Waals surface area contributed by atoms with Crippen LogP contribution in [0.4, 0.5) is 0 Å². The zero-order valence-corrected chi connectivity index (χ0v) is 11.4. The zero-order chi connectivity index (χ0) is 14.3. The molecule has 1 aromatic carbocycles. The third-order valence-electron chi connectivity index (χ3n) is 2.86. The summed E-state index contributed by atoms with van der Waals surface area (Å²) in [5.74, 6) is -0.371. The molecule has 0 radical (unpaired) electrons. The van der Waals surface area contributed by atoms with Crippen LogP contribution in [0.5, 0.6) is 0 Å². The summed E-state index contributed by atoms with van der Waals surface area (Å²) in [5.41, 5.74) is 5.69. The number of nitrogens with one attached hydrogen (secondary N) is 2. The van der Waals surface area contributed by atoms with Crippen molar-refractivity contribution in [1.82, 2.24) is 10.6 Å². The molecular weight excluding hydrogens is 242 g/mol. The van der Waals surface area contributed by atoms with Gasteiger partial charge in [-0.15, -0.1) is 0 Å². The molecule has 0 spiro atoms. The SMILES string of the molecule is CCNC(=O)CCNC(=O)C(C)(N)c1ccccc1. The summed E-state index contributed by atoms with van der Waals surface area (Å²) in [5, 5.41) is 5.35. The quantitative estimate of drug-likeness (QED) is 0.699. The van der Waals surface area contributed by atoms with Gasteiger partial charge in [0.05, 0.1) is 0 Å². The maximum absolute atomic E-state index is 12.0. The first kappa shape index (κ1) is 15.2. The van der Waals surface area contributed by atoms with Gasteiger partial charge in [0, 0.05) is 19.5 Å². The van der Waals surface area contributed by atoms with Crippen LogP contribution in [-0.4, -0.2) is 24.9 Å². The molecule has 19 heavy (non-hydrogen) atoms. The summed E-state index contributed by atoms with van der Waals surface area (Å²) in [6.45, 7) is 4.38. The van der Waals surface area contributed by atoms with Gasteiger partial charge in [-0.1, -0.05) is 30.3 Å². The van der Waals surface area contributed by atoms with Crippen molar-refractivity contribution in [3.63, 3.8) is 0 Å². The number of benzene rings is 1. The van der Waals surface area contributed by atoms with Crippen LogP contribution in [0.1, 0.15) is 25.8 Å². The molecule has 1 rings (SSSR count). The Balaban J connectivity index is 2.51. The lowest BCUT2D eigenvalue weighted by atomic mass is 9.92. The number of rotatable bonds is 6. The van der Waals surface area contributed by atoms with Gasteiger partial charge in [-0.3, -0.25) is 9.59 Å². The molecule has 5 heteroatoms. The summed E-state index contributed by atoms with van der Waals surface area (Å²) in [6.07, 6.45) is 0.254. The third kappa shape index (κ3) is 4.37. The molecule has 2 amide bonds. The molecule has 0 aliphatic carbocycles. The molecular formula is C14H21N3O2. The number of hydrogen-bond acceptors (Lipinski definition) is 3. The highest BCUT2D eigenvalue weighted by Gasteiger charge is 2.29. The van der Waals surface area contributed by atoms with Crippen LogP contribution < -0.4 is 16.4 Å². The Morgan fingerprint density at radius 2 is 1.84 bits per heavy atom. The van der Waals surface area contributed by atoms with Crippen molar-refractivity contribution in [2.75, 3.05) is 13.1 Å². The van der Waals surface area contributed by atoms with Crippen LogP contribution in [0.15, 0.2) is 30.3 Å². The van der Waals surface area contributed by atoms with E-state index in [1.54, 1.807) is 6.92 Å². The maximum atomic E-state index is 12.0. The second-order valence-corrected chi connectivity index (χ2v) is 4.53. The molecule has 1 atom stereocenters. The highest BCUT2D eigenvalue weighted by atomic mass is 16.2. The van der Waals surface area contributed by atoms with Gasteiger partial charge < -0.3 is 16.4 Å². The fourth-order valence-corrected chi connectivity index (χ4v) is 1.67. The predicted molar refractivity (Wildman–Crippen MR) is 74.3 cm³/mol. The van der Waals surface area contributed by atoms with Crippen LogP contribution in [0.25, 0.3) is 0 Å². The molecule has 0 aliphatic rings. The van der Waals surface area contributed by atoms with Crippen molar-refractivity contribution < 1.29 is 9.59 Å². The van der Waals surface area contributed by atoms with Gasteiger partial charge in [0.1, 0.15) is 5.54 Å². The first-order chi connectivity index (χ1) is 8.98. The van der Waals surface area contributed by atoms with Crippen molar-refractivity contribution in [3.05, 3.63) is 35.9 Å². The third-order valence-corrected chi connectivity index (χ3v) is 2.86. The first-order valence-electron chi connectivity index (χ1n) is 6.38. The zero-order valence-electron chi connectivity index (χ0n) is 11.4. The second kappa shape index (κ2) is 6.89. The number of carbonyl (C=O) groups is 2. The number of hydrogen-bond donors (Lipinski definition) is 3. The molecule has 4 N–H and O–H groups in total. The Labute approximate surface area is 113 Å². The molecule has 0 bridgehead atoms. The van der Waals surface area contributed by atoms with Crippen molar-refractivity contribution in [3.8, 4) is 0 Å². The van der Waals surface area contributed by atoms with E-state index in [1.165, 1.54) is 0 Å². The average molecular weight is 263 g/mol. The fraction of sp³-hybridized carbons (Fsp3) is 0.429. The topological polar surface area (TPSA) is 84.2 Å². The molecule has 5 nitrogen and oxygen atoms in total. The summed E-state index contributed by atoms with van der Waals surface area (Å²) in [6, 6.07) is 9.16. The highest BCUT2D eigenvalue weighted by Crippen LogP contribution is 2.17. The molecule has 0 saturated heterocycles. The number of carbonyl (C=O) groups excluding carboxylic acids is 2. The van der Waals surface area contributed by atoms with Gasteiger partial charge in [0.25, 0.3) is 0 Å². The van der Waals surface area contributed by atoms with Crippen LogP contribution in [0.3, 0.4) is 0 Å². The summed E-state index contributed by atoms with van der Waals surface area (Å²) >= 11 is 0. The van der Waals surface area contributed by atoms with E-state index in [0.717, 1.165) is 5.56 Å². The van der Waals surface area contributed by atoms with Gasteiger partial charge in [-0.25, -0.2) is 0 Å². The smallest absolute Gasteiger partial charge is 0.244 e.